The minimum atomic E-state index is -3.79. The second-order valence-corrected chi connectivity index (χ2v) is 9.66. The largest absolute Gasteiger partial charge is 0.302 e. The summed E-state index contributed by atoms with van der Waals surface area (Å²) in [6, 6.07) is 2.88. The zero-order valence-corrected chi connectivity index (χ0v) is 15.0. The Morgan fingerprint density at radius 2 is 1.14 bits per heavy atom. The van der Waals surface area contributed by atoms with Crippen LogP contribution in [-0.2, 0) is 20.0 Å². The van der Waals surface area contributed by atoms with E-state index in [9.17, 15) is 16.8 Å². The van der Waals surface area contributed by atoms with Gasteiger partial charge in [-0.15, -0.1) is 22.7 Å². The van der Waals surface area contributed by atoms with Crippen LogP contribution in [0, 0.1) is 0 Å². The Kier molecular flexibility index (Phi) is 7.20. The van der Waals surface area contributed by atoms with Gasteiger partial charge in [0.2, 0.25) is 0 Å². The van der Waals surface area contributed by atoms with E-state index in [1.165, 1.54) is 32.7 Å². The van der Waals surface area contributed by atoms with Crippen molar-refractivity contribution in [1.82, 2.24) is 9.77 Å². The first-order valence-electron chi connectivity index (χ1n) is 4.93. The van der Waals surface area contributed by atoms with E-state index in [4.69, 9.17) is 33.6 Å². The number of thiophene rings is 2. The molecule has 0 aliphatic heterocycles. The summed E-state index contributed by atoms with van der Waals surface area (Å²) in [4.78, 5) is 2.37. The van der Waals surface area contributed by atoms with Gasteiger partial charge in [0.1, 0.15) is 0 Å². The average molecular weight is 427 g/mol. The van der Waals surface area contributed by atoms with Crippen molar-refractivity contribution in [3.63, 3.8) is 0 Å². The third kappa shape index (κ3) is 4.86. The summed E-state index contributed by atoms with van der Waals surface area (Å²) in [7, 11) is -7.59. The lowest BCUT2D eigenvalue weighted by Crippen LogP contribution is -2.18. The fraction of sp³-hybridized carbons (Fsp3) is 0. The highest BCUT2D eigenvalue weighted by Gasteiger charge is 2.18. The van der Waals surface area contributed by atoms with Crippen molar-refractivity contribution in [3.8, 4) is 0 Å². The van der Waals surface area contributed by atoms with Crippen LogP contribution in [0.25, 0.3) is 0 Å². The summed E-state index contributed by atoms with van der Waals surface area (Å²) in [6.45, 7) is 0. The molecule has 14 heteroatoms. The molecule has 2 aromatic rings. The first-order valence-corrected chi connectivity index (χ1v) is 10.4. The number of hydrogen-bond donors (Lipinski definition) is 4. The fourth-order valence-electron chi connectivity index (χ4n) is 1.03. The third-order valence-electron chi connectivity index (χ3n) is 1.90. The van der Waals surface area contributed by atoms with Gasteiger partial charge in [-0.25, -0.2) is 16.8 Å². The molecule has 0 unspecified atom stereocenters. The number of hydrogen-bond acceptors (Lipinski definition) is 8. The minimum Gasteiger partial charge on any atom is -0.302 e. The van der Waals surface area contributed by atoms with Crippen LogP contribution in [-0.4, -0.2) is 27.3 Å². The molecule has 2 heterocycles. The zero-order valence-electron chi connectivity index (χ0n) is 10.2. The minimum absolute atomic E-state index is 0.0818. The molecule has 2 aromatic heterocycles. The van der Waals surface area contributed by atoms with E-state index in [2.05, 4.69) is 0 Å². The van der Waals surface area contributed by atoms with Crippen LogP contribution < -0.4 is 9.77 Å². The van der Waals surface area contributed by atoms with E-state index in [1.54, 1.807) is 0 Å². The molecule has 0 spiro atoms. The van der Waals surface area contributed by atoms with Crippen LogP contribution in [0.15, 0.2) is 31.3 Å². The van der Waals surface area contributed by atoms with Crippen LogP contribution in [0.3, 0.4) is 0 Å². The van der Waals surface area contributed by atoms with Gasteiger partial charge in [0.05, 0.1) is 10.0 Å². The van der Waals surface area contributed by atoms with Crippen molar-refractivity contribution in [1.29, 1.82) is 0 Å². The van der Waals surface area contributed by atoms with Crippen molar-refractivity contribution in [2.45, 2.75) is 8.42 Å². The van der Waals surface area contributed by atoms with Crippen molar-refractivity contribution in [2.24, 2.45) is 0 Å². The first-order chi connectivity index (χ1) is 10.2. The van der Waals surface area contributed by atoms with Crippen LogP contribution in [0.2, 0.25) is 10.0 Å². The van der Waals surface area contributed by atoms with Gasteiger partial charge in [0, 0.05) is 0 Å². The molecule has 0 aliphatic rings. The molecule has 4 N–H and O–H groups in total. The standard InChI is InChI=1S/2C4H4ClNO3S2/c2*5-3-1-2-10-4(3)11(8,9)6-7/h2*1-2,6-7H. The predicted molar refractivity (Wildman–Crippen MR) is 82.9 cm³/mol. The van der Waals surface area contributed by atoms with Crippen LogP contribution in [0.4, 0.5) is 0 Å². The molecule has 22 heavy (non-hydrogen) atoms. The molecule has 0 bridgehead atoms. The average Bonchev–Trinajstić information content (AvgIpc) is 3.08. The van der Waals surface area contributed by atoms with E-state index in [0.29, 0.717) is 0 Å². The van der Waals surface area contributed by atoms with Gasteiger partial charge in [-0.3, -0.25) is 0 Å². The third-order valence-corrected chi connectivity index (χ3v) is 8.18. The van der Waals surface area contributed by atoms with Gasteiger partial charge in [-0.2, -0.15) is 0 Å². The Morgan fingerprint density at radius 1 is 0.818 bits per heavy atom. The molecule has 0 saturated heterocycles. The molecule has 0 aromatic carbocycles. The molecule has 0 atom stereocenters. The van der Waals surface area contributed by atoms with Crippen LogP contribution in [0.1, 0.15) is 0 Å². The number of halogens is 2. The lowest BCUT2D eigenvalue weighted by Gasteiger charge is -1.96. The topological polar surface area (TPSA) is 133 Å². The Hall–Kier alpha value is -0.280. The molecule has 0 aliphatic carbocycles. The van der Waals surface area contributed by atoms with Gasteiger partial charge in [0.25, 0.3) is 20.0 Å². The molecule has 124 valence electrons. The highest BCUT2D eigenvalue weighted by atomic mass is 35.5. The molecule has 0 saturated carbocycles. The molecule has 0 amide bonds. The summed E-state index contributed by atoms with van der Waals surface area (Å²) in [5, 5.41) is 19.7. The lowest BCUT2D eigenvalue weighted by atomic mass is 10.7. The van der Waals surface area contributed by atoms with Gasteiger partial charge in [0.15, 0.2) is 8.42 Å². The Morgan fingerprint density at radius 3 is 1.32 bits per heavy atom. The quantitative estimate of drug-likeness (QED) is 0.553. The number of sulfonamides is 2. The summed E-state index contributed by atoms with van der Waals surface area (Å²) in [5.74, 6) is 0. The summed E-state index contributed by atoms with van der Waals surface area (Å²) in [5.41, 5.74) is 0. The summed E-state index contributed by atoms with van der Waals surface area (Å²) in [6.07, 6.45) is 0. The second-order valence-electron chi connectivity index (χ2n) is 3.30. The Balaban J connectivity index is 0.000000220. The monoisotopic (exact) mass is 426 g/mol. The molecular weight excluding hydrogens is 419 g/mol. The molecule has 0 radical (unpaired) electrons. The first kappa shape index (κ1) is 19.8. The van der Waals surface area contributed by atoms with Crippen molar-refractivity contribution < 1.29 is 27.3 Å². The molecule has 2 rings (SSSR count). The zero-order chi connectivity index (χ0) is 17.0. The van der Waals surface area contributed by atoms with E-state index in [1.807, 2.05) is 0 Å². The van der Waals surface area contributed by atoms with Gasteiger partial charge >= 0.3 is 0 Å². The van der Waals surface area contributed by atoms with Crippen molar-refractivity contribution in [3.05, 3.63) is 32.9 Å². The van der Waals surface area contributed by atoms with Crippen molar-refractivity contribution >= 4 is 65.9 Å². The molecular formula is C8H8Cl2N2O6S4. The van der Waals surface area contributed by atoms with E-state index in [-0.39, 0.29) is 18.5 Å². The Bertz CT molecular complexity index is 758. The van der Waals surface area contributed by atoms with Crippen LogP contribution >= 0.6 is 45.9 Å². The predicted octanol–water partition coefficient (Wildman–Crippen LogP) is 2.14. The summed E-state index contributed by atoms with van der Waals surface area (Å²) >= 11 is 12.8. The van der Waals surface area contributed by atoms with Crippen molar-refractivity contribution in [2.75, 3.05) is 0 Å². The molecule has 8 nitrogen and oxygen atoms in total. The molecule has 0 fully saturated rings. The maximum atomic E-state index is 10.8. The highest BCUT2D eigenvalue weighted by Crippen LogP contribution is 2.27. The number of nitrogens with one attached hydrogen (secondary N) is 2. The maximum absolute atomic E-state index is 10.8. The fourth-order valence-corrected chi connectivity index (χ4v) is 5.58. The van der Waals surface area contributed by atoms with E-state index < -0.39 is 20.0 Å². The van der Waals surface area contributed by atoms with Gasteiger partial charge in [-0.05, 0) is 22.9 Å². The lowest BCUT2D eigenvalue weighted by molar-refractivity contribution is 0.243. The van der Waals surface area contributed by atoms with E-state index in [0.717, 1.165) is 22.7 Å². The van der Waals surface area contributed by atoms with Crippen LogP contribution in [0.5, 0.6) is 0 Å². The van der Waals surface area contributed by atoms with E-state index >= 15 is 0 Å². The number of rotatable bonds is 4. The Labute approximate surface area is 143 Å². The summed E-state index contributed by atoms with van der Waals surface area (Å²) < 4.78 is 43.2. The maximum Gasteiger partial charge on any atom is 0.273 e. The highest BCUT2D eigenvalue weighted by molar-refractivity contribution is 7.91. The smallest absolute Gasteiger partial charge is 0.273 e. The second kappa shape index (κ2) is 8.01. The van der Waals surface area contributed by atoms with Gasteiger partial charge in [-0.1, -0.05) is 33.0 Å². The normalized spacial score (nSPS) is 11.8. The van der Waals surface area contributed by atoms with Gasteiger partial charge < -0.3 is 10.4 Å². The SMILES string of the molecule is O=S(=O)(NO)c1sccc1Cl.O=S(=O)(NO)c1sccc1Cl.